The summed E-state index contributed by atoms with van der Waals surface area (Å²) in [6.45, 7) is 3.58. The van der Waals surface area contributed by atoms with Crippen molar-refractivity contribution < 1.29 is 13.6 Å². The van der Waals surface area contributed by atoms with Crippen molar-refractivity contribution >= 4 is 23.2 Å². The molecule has 0 aliphatic rings. The maximum Gasteiger partial charge on any atom is 0.251 e. The van der Waals surface area contributed by atoms with Crippen LogP contribution in [0.3, 0.4) is 0 Å². The highest BCUT2D eigenvalue weighted by Gasteiger charge is 2.14. The largest absolute Gasteiger partial charge is 0.420 e. The predicted octanol–water partition coefficient (Wildman–Crippen LogP) is 3.45. The molecule has 0 fully saturated rings. The van der Waals surface area contributed by atoms with Gasteiger partial charge in [0.25, 0.3) is 5.56 Å². The van der Waals surface area contributed by atoms with Crippen LogP contribution in [0.25, 0.3) is 11.5 Å². The zero-order chi connectivity index (χ0) is 19.6. The standard InChI is InChI=1S/C18H16ClFN4O3/c1-10(2)17-22-23-18(27-17)11-3-6-16(26)24(8-11)9-15(25)21-14-5-4-12(20)7-13(14)19/h3-8,10H,9H2,1-2H3,(H,21,25). The third-order valence-corrected chi connectivity index (χ3v) is 4.00. The third-order valence-electron chi connectivity index (χ3n) is 3.68. The first kappa shape index (κ1) is 18.8. The Labute approximate surface area is 158 Å². The number of aromatic nitrogens is 3. The summed E-state index contributed by atoms with van der Waals surface area (Å²) in [5.74, 6) is -0.192. The maximum atomic E-state index is 13.1. The van der Waals surface area contributed by atoms with Gasteiger partial charge in [0.15, 0.2) is 0 Å². The van der Waals surface area contributed by atoms with Gasteiger partial charge in [-0.05, 0) is 24.3 Å². The molecule has 3 rings (SSSR count). The number of carbonyl (C=O) groups is 1. The Balaban J connectivity index is 1.79. The lowest BCUT2D eigenvalue weighted by Crippen LogP contribution is -2.27. The molecule has 0 saturated carbocycles. The van der Waals surface area contributed by atoms with Crippen LogP contribution in [-0.2, 0) is 11.3 Å². The topological polar surface area (TPSA) is 90.0 Å². The SMILES string of the molecule is CC(C)c1nnc(-c2ccc(=O)n(CC(=O)Nc3ccc(F)cc3Cl)c2)o1. The van der Waals surface area contributed by atoms with Gasteiger partial charge in [-0.25, -0.2) is 4.39 Å². The van der Waals surface area contributed by atoms with Crippen molar-refractivity contribution in [3.05, 3.63) is 63.6 Å². The Bertz CT molecular complexity index is 1050. The van der Waals surface area contributed by atoms with Gasteiger partial charge < -0.3 is 14.3 Å². The molecule has 0 radical (unpaired) electrons. The number of rotatable bonds is 5. The van der Waals surface area contributed by atoms with E-state index in [4.69, 9.17) is 16.0 Å². The summed E-state index contributed by atoms with van der Waals surface area (Å²) in [6, 6.07) is 6.47. The Morgan fingerprint density at radius 3 is 2.74 bits per heavy atom. The molecule has 140 valence electrons. The van der Waals surface area contributed by atoms with Crippen molar-refractivity contribution in [2.45, 2.75) is 26.3 Å². The van der Waals surface area contributed by atoms with Crippen LogP contribution < -0.4 is 10.9 Å². The molecule has 7 nitrogen and oxygen atoms in total. The van der Waals surface area contributed by atoms with Gasteiger partial charge in [-0.3, -0.25) is 9.59 Å². The molecule has 2 aromatic heterocycles. The Morgan fingerprint density at radius 1 is 1.30 bits per heavy atom. The second-order valence-electron chi connectivity index (χ2n) is 6.16. The molecule has 1 aromatic carbocycles. The zero-order valence-electron chi connectivity index (χ0n) is 14.6. The number of halogens is 2. The van der Waals surface area contributed by atoms with Crippen LogP contribution in [-0.4, -0.2) is 20.7 Å². The molecule has 0 atom stereocenters. The fourth-order valence-electron chi connectivity index (χ4n) is 2.30. The smallest absolute Gasteiger partial charge is 0.251 e. The Hall–Kier alpha value is -3.00. The van der Waals surface area contributed by atoms with Crippen LogP contribution in [0.15, 0.2) is 45.7 Å². The van der Waals surface area contributed by atoms with E-state index < -0.39 is 11.7 Å². The van der Waals surface area contributed by atoms with Crippen molar-refractivity contribution in [2.75, 3.05) is 5.32 Å². The molecule has 0 unspecified atom stereocenters. The maximum absolute atomic E-state index is 13.1. The third kappa shape index (κ3) is 4.40. The first-order valence-electron chi connectivity index (χ1n) is 8.12. The monoisotopic (exact) mass is 390 g/mol. The van der Waals surface area contributed by atoms with Crippen LogP contribution in [0.1, 0.15) is 25.7 Å². The van der Waals surface area contributed by atoms with E-state index in [0.29, 0.717) is 11.5 Å². The zero-order valence-corrected chi connectivity index (χ0v) is 15.3. The molecule has 0 spiro atoms. The predicted molar refractivity (Wildman–Crippen MR) is 98.1 cm³/mol. The number of amides is 1. The van der Waals surface area contributed by atoms with E-state index in [0.717, 1.165) is 6.07 Å². The Morgan fingerprint density at radius 2 is 2.07 bits per heavy atom. The van der Waals surface area contributed by atoms with E-state index in [2.05, 4.69) is 15.5 Å². The number of nitrogens with zero attached hydrogens (tertiary/aromatic N) is 3. The van der Waals surface area contributed by atoms with Crippen molar-refractivity contribution in [3.63, 3.8) is 0 Å². The van der Waals surface area contributed by atoms with Gasteiger partial charge in [0, 0.05) is 18.2 Å². The molecule has 2 heterocycles. The fraction of sp³-hybridized carbons (Fsp3) is 0.222. The summed E-state index contributed by atoms with van der Waals surface area (Å²) in [5, 5.41) is 10.5. The van der Waals surface area contributed by atoms with E-state index in [-0.39, 0.29) is 34.6 Å². The van der Waals surface area contributed by atoms with E-state index in [1.165, 1.54) is 29.0 Å². The number of hydrogen-bond donors (Lipinski definition) is 1. The summed E-state index contributed by atoms with van der Waals surface area (Å²) in [5.41, 5.74) is 0.398. The quantitative estimate of drug-likeness (QED) is 0.720. The van der Waals surface area contributed by atoms with Crippen molar-refractivity contribution in [1.29, 1.82) is 0 Å². The number of benzene rings is 1. The molecule has 0 aliphatic carbocycles. The summed E-state index contributed by atoms with van der Waals surface area (Å²) in [4.78, 5) is 24.3. The molecule has 1 N–H and O–H groups in total. The van der Waals surface area contributed by atoms with Crippen molar-refractivity contribution in [1.82, 2.24) is 14.8 Å². The van der Waals surface area contributed by atoms with E-state index in [9.17, 15) is 14.0 Å². The van der Waals surface area contributed by atoms with Crippen LogP contribution in [0, 0.1) is 5.82 Å². The van der Waals surface area contributed by atoms with Gasteiger partial charge in [-0.2, -0.15) is 0 Å². The summed E-state index contributed by atoms with van der Waals surface area (Å²) >= 11 is 5.89. The fourth-order valence-corrected chi connectivity index (χ4v) is 2.52. The van der Waals surface area contributed by atoms with E-state index >= 15 is 0 Å². The first-order chi connectivity index (χ1) is 12.8. The average Bonchev–Trinajstić information content (AvgIpc) is 3.10. The normalized spacial score (nSPS) is 11.0. The number of pyridine rings is 1. The van der Waals surface area contributed by atoms with Gasteiger partial charge in [0.1, 0.15) is 12.4 Å². The highest BCUT2D eigenvalue weighted by atomic mass is 35.5. The van der Waals surface area contributed by atoms with Gasteiger partial charge in [-0.1, -0.05) is 25.4 Å². The van der Waals surface area contributed by atoms with Crippen LogP contribution in [0.5, 0.6) is 0 Å². The number of carbonyl (C=O) groups excluding carboxylic acids is 1. The molecular formula is C18H16ClFN4O3. The number of hydrogen-bond acceptors (Lipinski definition) is 5. The lowest BCUT2D eigenvalue weighted by Gasteiger charge is -2.09. The minimum atomic E-state index is -0.512. The lowest BCUT2D eigenvalue weighted by molar-refractivity contribution is -0.116. The van der Waals surface area contributed by atoms with E-state index in [1.807, 2.05) is 13.8 Å². The molecular weight excluding hydrogens is 375 g/mol. The number of anilines is 1. The number of nitrogens with one attached hydrogen (secondary N) is 1. The van der Waals surface area contributed by atoms with Crippen LogP contribution in [0.4, 0.5) is 10.1 Å². The van der Waals surface area contributed by atoms with Crippen LogP contribution >= 0.6 is 11.6 Å². The summed E-state index contributed by atoms with van der Waals surface area (Å²) in [7, 11) is 0. The molecule has 0 bridgehead atoms. The van der Waals surface area contributed by atoms with Crippen molar-refractivity contribution in [2.24, 2.45) is 0 Å². The minimum Gasteiger partial charge on any atom is -0.420 e. The van der Waals surface area contributed by atoms with Crippen LogP contribution in [0.2, 0.25) is 5.02 Å². The lowest BCUT2D eigenvalue weighted by atomic mass is 10.2. The summed E-state index contributed by atoms with van der Waals surface area (Å²) < 4.78 is 19.9. The highest BCUT2D eigenvalue weighted by molar-refractivity contribution is 6.33. The summed E-state index contributed by atoms with van der Waals surface area (Å²) in [6.07, 6.45) is 1.46. The van der Waals surface area contributed by atoms with Gasteiger partial charge in [-0.15, -0.1) is 10.2 Å². The van der Waals surface area contributed by atoms with Gasteiger partial charge in [0.2, 0.25) is 17.7 Å². The van der Waals surface area contributed by atoms with E-state index in [1.54, 1.807) is 6.07 Å². The molecule has 3 aromatic rings. The molecule has 27 heavy (non-hydrogen) atoms. The Kier molecular flexibility index (Phi) is 5.36. The van der Waals surface area contributed by atoms with Gasteiger partial charge >= 0.3 is 0 Å². The van der Waals surface area contributed by atoms with Gasteiger partial charge in [0.05, 0.1) is 16.3 Å². The molecule has 9 heteroatoms. The van der Waals surface area contributed by atoms with Crippen molar-refractivity contribution in [3.8, 4) is 11.5 Å². The first-order valence-corrected chi connectivity index (χ1v) is 8.50. The highest BCUT2D eigenvalue weighted by Crippen LogP contribution is 2.23. The molecule has 0 aliphatic heterocycles. The average molecular weight is 391 g/mol. The second kappa shape index (κ2) is 7.71. The minimum absolute atomic E-state index is 0.0662. The molecule has 0 saturated heterocycles. The molecule has 1 amide bonds. The second-order valence-corrected chi connectivity index (χ2v) is 6.56.